The summed E-state index contributed by atoms with van der Waals surface area (Å²) in [5.41, 5.74) is 2.91. The Balaban J connectivity index is 1.62. The number of hydrogen-bond donors (Lipinski definition) is 0. The highest BCUT2D eigenvalue weighted by molar-refractivity contribution is 6.06. The second-order valence-electron chi connectivity index (χ2n) is 7.69. The molecule has 0 amide bonds. The molecule has 0 fully saturated rings. The molecule has 0 unspecified atom stereocenters. The van der Waals surface area contributed by atoms with Gasteiger partial charge in [0.25, 0.3) is 0 Å². The number of unbranched alkanes of at least 4 members (excludes halogenated alkanes) is 1. The van der Waals surface area contributed by atoms with Crippen molar-refractivity contribution in [3.8, 4) is 11.5 Å². The first-order valence-electron chi connectivity index (χ1n) is 11.4. The van der Waals surface area contributed by atoms with E-state index in [0.717, 1.165) is 25.0 Å². The number of ether oxygens (including phenoxy) is 3. The Morgan fingerprint density at radius 3 is 2.34 bits per heavy atom. The predicted molar refractivity (Wildman–Crippen MR) is 137 cm³/mol. The van der Waals surface area contributed by atoms with Crippen molar-refractivity contribution in [1.29, 1.82) is 0 Å². The molecule has 3 aromatic rings. The van der Waals surface area contributed by atoms with Crippen LogP contribution in [0.2, 0.25) is 0 Å². The fourth-order valence-electron chi connectivity index (χ4n) is 3.29. The summed E-state index contributed by atoms with van der Waals surface area (Å²) in [7, 11) is 2.97. The number of rotatable bonds is 12. The molecule has 6 heteroatoms. The summed E-state index contributed by atoms with van der Waals surface area (Å²) >= 11 is 0. The van der Waals surface area contributed by atoms with E-state index in [4.69, 9.17) is 9.47 Å². The van der Waals surface area contributed by atoms with Gasteiger partial charge >= 0.3 is 5.97 Å². The maximum Gasteiger partial charge on any atom is 0.330 e. The molecule has 0 radical (unpaired) electrons. The Morgan fingerprint density at radius 2 is 1.63 bits per heavy atom. The minimum atomic E-state index is -0.488. The van der Waals surface area contributed by atoms with Crippen molar-refractivity contribution in [2.24, 2.45) is 0 Å². The van der Waals surface area contributed by atoms with Gasteiger partial charge in [0.2, 0.25) is 0 Å². The van der Waals surface area contributed by atoms with E-state index in [9.17, 15) is 9.59 Å². The second kappa shape index (κ2) is 13.5. The number of carbonyl (C=O) groups is 2. The summed E-state index contributed by atoms with van der Waals surface area (Å²) < 4.78 is 15.8. The topological polar surface area (TPSA) is 74.7 Å². The average Bonchev–Trinajstić information content (AvgIpc) is 2.91. The minimum absolute atomic E-state index is 0.115. The molecule has 180 valence electrons. The molecule has 0 N–H and O–H groups in total. The van der Waals surface area contributed by atoms with Crippen molar-refractivity contribution in [1.82, 2.24) is 4.98 Å². The van der Waals surface area contributed by atoms with Crippen molar-refractivity contribution in [2.45, 2.75) is 19.3 Å². The summed E-state index contributed by atoms with van der Waals surface area (Å²) in [5.74, 6) is 0.801. The Morgan fingerprint density at radius 1 is 0.857 bits per heavy atom. The van der Waals surface area contributed by atoms with Crippen molar-refractivity contribution >= 4 is 23.9 Å². The molecule has 0 atom stereocenters. The monoisotopic (exact) mass is 471 g/mol. The number of hydrogen-bond acceptors (Lipinski definition) is 6. The molecule has 0 saturated heterocycles. The number of esters is 1. The third-order valence-electron chi connectivity index (χ3n) is 5.23. The summed E-state index contributed by atoms with van der Waals surface area (Å²) in [6.45, 7) is 0.512. The first-order valence-corrected chi connectivity index (χ1v) is 11.4. The predicted octanol–water partition coefficient (Wildman–Crippen LogP) is 5.57. The Hall–Kier alpha value is -4.19. The van der Waals surface area contributed by atoms with E-state index in [2.05, 4.69) is 21.9 Å². The van der Waals surface area contributed by atoms with Gasteiger partial charge in [-0.25, -0.2) is 9.78 Å². The van der Waals surface area contributed by atoms with E-state index < -0.39 is 5.97 Å². The molecule has 6 nitrogen and oxygen atoms in total. The van der Waals surface area contributed by atoms with Crippen LogP contribution in [-0.2, 0) is 16.0 Å². The zero-order valence-corrected chi connectivity index (χ0v) is 20.0. The molecule has 0 bridgehead atoms. The zero-order chi connectivity index (χ0) is 24.9. The fraction of sp³-hybridized carbons (Fsp3) is 0.207. The van der Waals surface area contributed by atoms with Crippen molar-refractivity contribution < 1.29 is 23.8 Å². The normalized spacial score (nSPS) is 11.0. The molecule has 0 saturated carbocycles. The lowest BCUT2D eigenvalue weighted by atomic mass is 10.1. The van der Waals surface area contributed by atoms with E-state index in [1.165, 1.54) is 24.8 Å². The van der Waals surface area contributed by atoms with Crippen LogP contribution >= 0.6 is 0 Å². The lowest BCUT2D eigenvalue weighted by molar-refractivity contribution is -0.134. The number of pyridine rings is 1. The van der Waals surface area contributed by atoms with Gasteiger partial charge in [-0.05, 0) is 67.3 Å². The molecule has 0 aliphatic heterocycles. The molecule has 1 aromatic heterocycles. The Bertz CT molecular complexity index is 1170. The maximum atomic E-state index is 12.3. The van der Waals surface area contributed by atoms with E-state index in [1.807, 2.05) is 30.3 Å². The number of allylic oxidation sites excluding steroid dienone is 1. The average molecular weight is 472 g/mol. The standard InChI is InChI=1S/C29H29NO5/c1-33-25-15-11-22(12-16-25)8-6-7-21-35-28-19-14-24(30-26(28)17-20-29(32)34-2)13-18-27(31)23-9-4-3-5-10-23/h3-5,9-20H,6-8,21H2,1-2H3/b18-13+,20-17+. The maximum absolute atomic E-state index is 12.3. The van der Waals surface area contributed by atoms with Crippen LogP contribution in [-0.4, -0.2) is 37.6 Å². The molecular weight excluding hydrogens is 442 g/mol. The molecule has 0 spiro atoms. The SMILES string of the molecule is COC(=O)/C=C/c1nc(/C=C/C(=O)c2ccccc2)ccc1OCCCCc1ccc(OC)cc1. The number of nitrogens with zero attached hydrogens (tertiary/aromatic N) is 1. The smallest absolute Gasteiger partial charge is 0.330 e. The van der Waals surface area contributed by atoms with Gasteiger partial charge < -0.3 is 14.2 Å². The van der Waals surface area contributed by atoms with Crippen LogP contribution < -0.4 is 9.47 Å². The van der Waals surface area contributed by atoms with Gasteiger partial charge in [0, 0.05) is 11.6 Å². The summed E-state index contributed by atoms with van der Waals surface area (Å²) in [4.78, 5) is 28.5. The molecule has 2 aromatic carbocycles. The van der Waals surface area contributed by atoms with Gasteiger partial charge in [0.15, 0.2) is 5.78 Å². The molecular formula is C29H29NO5. The van der Waals surface area contributed by atoms with Gasteiger partial charge in [0.1, 0.15) is 17.2 Å². The number of aromatic nitrogens is 1. The number of ketones is 1. The van der Waals surface area contributed by atoms with Crippen molar-refractivity contribution in [3.05, 3.63) is 101 Å². The molecule has 0 aliphatic carbocycles. The quantitative estimate of drug-likeness (QED) is 0.149. The Labute approximate surface area is 205 Å². The highest BCUT2D eigenvalue weighted by Gasteiger charge is 2.07. The highest BCUT2D eigenvalue weighted by Crippen LogP contribution is 2.20. The molecule has 35 heavy (non-hydrogen) atoms. The largest absolute Gasteiger partial charge is 0.497 e. The van der Waals surface area contributed by atoms with Crippen LogP contribution in [0.3, 0.4) is 0 Å². The van der Waals surface area contributed by atoms with Gasteiger partial charge in [-0.3, -0.25) is 4.79 Å². The van der Waals surface area contributed by atoms with Crippen LogP contribution in [0.25, 0.3) is 12.2 Å². The van der Waals surface area contributed by atoms with Gasteiger partial charge in [-0.1, -0.05) is 42.5 Å². The Kier molecular flexibility index (Phi) is 9.81. The van der Waals surface area contributed by atoms with Crippen LogP contribution in [0.1, 0.15) is 40.2 Å². The molecule has 0 aliphatic rings. The zero-order valence-electron chi connectivity index (χ0n) is 20.0. The van der Waals surface area contributed by atoms with Crippen LogP contribution in [0.15, 0.2) is 78.9 Å². The van der Waals surface area contributed by atoms with Gasteiger partial charge in [-0.15, -0.1) is 0 Å². The fourth-order valence-corrected chi connectivity index (χ4v) is 3.29. The van der Waals surface area contributed by atoms with Crippen LogP contribution in [0.4, 0.5) is 0 Å². The van der Waals surface area contributed by atoms with Gasteiger partial charge in [-0.2, -0.15) is 0 Å². The lowest BCUT2D eigenvalue weighted by Crippen LogP contribution is -2.02. The van der Waals surface area contributed by atoms with Crippen LogP contribution in [0.5, 0.6) is 11.5 Å². The number of benzene rings is 2. The van der Waals surface area contributed by atoms with Crippen molar-refractivity contribution in [3.63, 3.8) is 0 Å². The summed E-state index contributed by atoms with van der Waals surface area (Å²) in [6.07, 6.45) is 8.74. The van der Waals surface area contributed by atoms with Crippen molar-refractivity contribution in [2.75, 3.05) is 20.8 Å². The van der Waals surface area contributed by atoms with E-state index in [0.29, 0.717) is 29.3 Å². The first kappa shape index (κ1) is 25.4. The van der Waals surface area contributed by atoms with Crippen LogP contribution in [0, 0.1) is 0 Å². The van der Waals surface area contributed by atoms with E-state index in [-0.39, 0.29) is 5.78 Å². The minimum Gasteiger partial charge on any atom is -0.497 e. The summed E-state index contributed by atoms with van der Waals surface area (Å²) in [5, 5.41) is 0. The summed E-state index contributed by atoms with van der Waals surface area (Å²) in [6, 6.07) is 20.6. The second-order valence-corrected chi connectivity index (χ2v) is 7.69. The van der Waals surface area contributed by atoms with E-state index >= 15 is 0 Å². The molecule has 3 rings (SSSR count). The number of carbonyl (C=O) groups excluding carboxylic acids is 2. The lowest BCUT2D eigenvalue weighted by Gasteiger charge is -2.10. The highest BCUT2D eigenvalue weighted by atomic mass is 16.5. The number of methoxy groups -OCH3 is 2. The third-order valence-corrected chi connectivity index (χ3v) is 5.23. The first-order chi connectivity index (χ1) is 17.1. The third kappa shape index (κ3) is 8.27. The molecule has 1 heterocycles. The van der Waals surface area contributed by atoms with Gasteiger partial charge in [0.05, 0.1) is 26.5 Å². The van der Waals surface area contributed by atoms with E-state index in [1.54, 1.807) is 43.5 Å². The number of aryl methyl sites for hydroxylation is 1.